The number of nitrogen functional groups attached to an aromatic ring is 1. The number of anilines is 1. The summed E-state index contributed by atoms with van der Waals surface area (Å²) in [6.45, 7) is 0. The standard InChI is InChI=1S/C9H6FN3O3/c10-6-3-5(1-2-8(6)13(14)15)9-7(11)4-12-16-9/h1-4H,11H2. The Labute approximate surface area is 88.6 Å². The molecule has 1 aromatic heterocycles. The molecule has 7 heteroatoms. The lowest BCUT2D eigenvalue weighted by atomic mass is 10.1. The van der Waals surface area contributed by atoms with Gasteiger partial charge in [0.2, 0.25) is 5.82 Å². The van der Waals surface area contributed by atoms with E-state index in [4.69, 9.17) is 10.3 Å². The van der Waals surface area contributed by atoms with Gasteiger partial charge < -0.3 is 10.3 Å². The maximum Gasteiger partial charge on any atom is 0.304 e. The third-order valence-electron chi connectivity index (χ3n) is 2.00. The van der Waals surface area contributed by atoms with Crippen molar-refractivity contribution in [3.63, 3.8) is 0 Å². The van der Waals surface area contributed by atoms with Crippen molar-refractivity contribution in [1.82, 2.24) is 5.16 Å². The van der Waals surface area contributed by atoms with Gasteiger partial charge in [0.15, 0.2) is 5.76 Å². The van der Waals surface area contributed by atoms with Crippen LogP contribution in [0.4, 0.5) is 15.8 Å². The molecule has 0 aliphatic carbocycles. The van der Waals surface area contributed by atoms with Crippen molar-refractivity contribution in [3.05, 3.63) is 40.3 Å². The van der Waals surface area contributed by atoms with Gasteiger partial charge in [-0.05, 0) is 12.1 Å². The van der Waals surface area contributed by atoms with E-state index in [-0.39, 0.29) is 11.4 Å². The first-order valence-electron chi connectivity index (χ1n) is 4.24. The molecule has 0 bridgehead atoms. The van der Waals surface area contributed by atoms with Crippen LogP contribution in [0.25, 0.3) is 11.3 Å². The number of rotatable bonds is 2. The zero-order chi connectivity index (χ0) is 11.7. The lowest BCUT2D eigenvalue weighted by Crippen LogP contribution is -1.93. The van der Waals surface area contributed by atoms with Gasteiger partial charge in [0.25, 0.3) is 0 Å². The van der Waals surface area contributed by atoms with Crippen LogP contribution in [0.2, 0.25) is 0 Å². The van der Waals surface area contributed by atoms with Crippen molar-refractivity contribution < 1.29 is 13.8 Å². The Morgan fingerprint density at radius 1 is 1.50 bits per heavy atom. The van der Waals surface area contributed by atoms with Crippen LogP contribution < -0.4 is 5.73 Å². The SMILES string of the molecule is Nc1cnoc1-c1ccc([N+](=O)[O-])c(F)c1. The molecule has 2 aromatic rings. The summed E-state index contributed by atoms with van der Waals surface area (Å²) in [6.07, 6.45) is 1.27. The van der Waals surface area contributed by atoms with E-state index in [2.05, 4.69) is 5.16 Å². The van der Waals surface area contributed by atoms with Gasteiger partial charge >= 0.3 is 5.69 Å². The van der Waals surface area contributed by atoms with Crippen LogP contribution in [0, 0.1) is 15.9 Å². The van der Waals surface area contributed by atoms with E-state index in [1.165, 1.54) is 12.3 Å². The molecule has 0 amide bonds. The molecule has 0 radical (unpaired) electrons. The van der Waals surface area contributed by atoms with E-state index >= 15 is 0 Å². The number of halogens is 1. The molecule has 0 saturated heterocycles. The quantitative estimate of drug-likeness (QED) is 0.620. The number of nitrogens with zero attached hydrogens (tertiary/aromatic N) is 2. The highest BCUT2D eigenvalue weighted by atomic mass is 19.1. The minimum Gasteiger partial charge on any atom is -0.394 e. The number of hydrogen-bond donors (Lipinski definition) is 1. The molecule has 0 atom stereocenters. The summed E-state index contributed by atoms with van der Waals surface area (Å²) < 4.78 is 18.1. The van der Waals surface area contributed by atoms with Crippen LogP contribution in [0.3, 0.4) is 0 Å². The lowest BCUT2D eigenvalue weighted by molar-refractivity contribution is -0.387. The molecule has 0 saturated carbocycles. The van der Waals surface area contributed by atoms with E-state index in [0.717, 1.165) is 12.1 Å². The number of aromatic nitrogens is 1. The van der Waals surface area contributed by atoms with Gasteiger partial charge in [-0.1, -0.05) is 5.16 Å². The van der Waals surface area contributed by atoms with E-state index in [0.29, 0.717) is 5.56 Å². The Bertz CT molecular complexity index is 553. The molecule has 82 valence electrons. The molecule has 1 aromatic carbocycles. The van der Waals surface area contributed by atoms with Crippen molar-refractivity contribution in [1.29, 1.82) is 0 Å². The summed E-state index contributed by atoms with van der Waals surface area (Å²) in [4.78, 5) is 9.59. The summed E-state index contributed by atoms with van der Waals surface area (Å²) >= 11 is 0. The van der Waals surface area contributed by atoms with Gasteiger partial charge in [0, 0.05) is 11.6 Å². The fraction of sp³-hybridized carbons (Fsp3) is 0. The molecular weight excluding hydrogens is 217 g/mol. The fourth-order valence-corrected chi connectivity index (χ4v) is 1.26. The normalized spacial score (nSPS) is 10.3. The summed E-state index contributed by atoms with van der Waals surface area (Å²) in [5.41, 5.74) is 5.46. The third-order valence-corrected chi connectivity index (χ3v) is 2.00. The highest BCUT2D eigenvalue weighted by Crippen LogP contribution is 2.28. The van der Waals surface area contributed by atoms with Gasteiger partial charge in [-0.25, -0.2) is 0 Å². The van der Waals surface area contributed by atoms with Crippen molar-refractivity contribution in [2.75, 3.05) is 5.73 Å². The summed E-state index contributed by atoms with van der Waals surface area (Å²) in [7, 11) is 0. The van der Waals surface area contributed by atoms with Crippen molar-refractivity contribution >= 4 is 11.4 Å². The molecule has 6 nitrogen and oxygen atoms in total. The smallest absolute Gasteiger partial charge is 0.304 e. The van der Waals surface area contributed by atoms with E-state index < -0.39 is 16.4 Å². The number of nitro benzene ring substituents is 1. The minimum absolute atomic E-state index is 0.189. The second-order valence-corrected chi connectivity index (χ2v) is 3.03. The Morgan fingerprint density at radius 3 is 2.75 bits per heavy atom. The minimum atomic E-state index is -0.946. The second-order valence-electron chi connectivity index (χ2n) is 3.03. The lowest BCUT2D eigenvalue weighted by Gasteiger charge is -1.98. The van der Waals surface area contributed by atoms with Crippen LogP contribution >= 0.6 is 0 Å². The highest BCUT2D eigenvalue weighted by molar-refractivity contribution is 5.70. The predicted octanol–water partition coefficient (Wildman–Crippen LogP) is 1.97. The van der Waals surface area contributed by atoms with Gasteiger partial charge in [-0.3, -0.25) is 10.1 Å². The average Bonchev–Trinajstić information content (AvgIpc) is 2.63. The molecule has 16 heavy (non-hydrogen) atoms. The van der Waals surface area contributed by atoms with Gasteiger partial charge in [0.1, 0.15) is 5.69 Å². The molecule has 0 aliphatic rings. The molecule has 0 spiro atoms. The number of benzene rings is 1. The number of hydrogen-bond acceptors (Lipinski definition) is 5. The van der Waals surface area contributed by atoms with E-state index in [9.17, 15) is 14.5 Å². The molecule has 0 unspecified atom stereocenters. The van der Waals surface area contributed by atoms with Gasteiger partial charge in [0.05, 0.1) is 11.1 Å². The third kappa shape index (κ3) is 1.58. The van der Waals surface area contributed by atoms with E-state index in [1.807, 2.05) is 0 Å². The van der Waals surface area contributed by atoms with E-state index in [1.54, 1.807) is 0 Å². The van der Waals surface area contributed by atoms with Crippen LogP contribution in [-0.2, 0) is 0 Å². The largest absolute Gasteiger partial charge is 0.394 e. The first-order valence-corrected chi connectivity index (χ1v) is 4.24. The Morgan fingerprint density at radius 2 is 2.25 bits per heavy atom. The number of nitrogens with two attached hydrogens (primary N) is 1. The van der Waals surface area contributed by atoms with Crippen molar-refractivity contribution in [2.45, 2.75) is 0 Å². The van der Waals surface area contributed by atoms with Crippen LogP contribution in [0.15, 0.2) is 28.9 Å². The Hall–Kier alpha value is -2.44. The van der Waals surface area contributed by atoms with Crippen LogP contribution in [0.1, 0.15) is 0 Å². The Balaban J connectivity index is 2.50. The Kier molecular flexibility index (Phi) is 2.28. The maximum atomic E-state index is 13.3. The van der Waals surface area contributed by atoms with Gasteiger partial charge in [-0.2, -0.15) is 4.39 Å². The molecule has 0 aliphatic heterocycles. The van der Waals surface area contributed by atoms with Crippen LogP contribution in [-0.4, -0.2) is 10.1 Å². The molecule has 0 fully saturated rings. The van der Waals surface area contributed by atoms with Crippen molar-refractivity contribution in [2.24, 2.45) is 0 Å². The zero-order valence-corrected chi connectivity index (χ0v) is 7.88. The first kappa shape index (κ1) is 10.1. The summed E-state index contributed by atoms with van der Waals surface area (Å²) in [5, 5.41) is 13.8. The monoisotopic (exact) mass is 223 g/mol. The van der Waals surface area contributed by atoms with Crippen molar-refractivity contribution in [3.8, 4) is 11.3 Å². The molecule has 1 heterocycles. The first-order chi connectivity index (χ1) is 7.59. The molecule has 2 N–H and O–H groups in total. The molecule has 2 rings (SSSR count). The zero-order valence-electron chi connectivity index (χ0n) is 7.88. The predicted molar refractivity (Wildman–Crippen MR) is 53.0 cm³/mol. The summed E-state index contributed by atoms with van der Waals surface area (Å²) in [6, 6.07) is 3.37. The second kappa shape index (κ2) is 3.61. The number of nitro groups is 1. The summed E-state index contributed by atoms with van der Waals surface area (Å²) in [5.74, 6) is -0.757. The topological polar surface area (TPSA) is 95.2 Å². The molecular formula is C9H6FN3O3. The average molecular weight is 223 g/mol. The highest BCUT2D eigenvalue weighted by Gasteiger charge is 2.16. The maximum absolute atomic E-state index is 13.3. The van der Waals surface area contributed by atoms with Crippen LogP contribution in [0.5, 0.6) is 0 Å². The van der Waals surface area contributed by atoms with Gasteiger partial charge in [-0.15, -0.1) is 0 Å². The fourth-order valence-electron chi connectivity index (χ4n) is 1.26.